The van der Waals surface area contributed by atoms with Gasteiger partial charge in [0.05, 0.1) is 23.2 Å². The zero-order valence-electron chi connectivity index (χ0n) is 17.5. The molecule has 8 nitrogen and oxygen atoms in total. The number of nitrogens with one attached hydrogen (secondary N) is 1. The van der Waals surface area contributed by atoms with Crippen molar-refractivity contribution in [1.29, 1.82) is 0 Å². The first kappa shape index (κ1) is 20.6. The third-order valence-corrected chi connectivity index (χ3v) is 6.93. The van der Waals surface area contributed by atoms with Crippen LogP contribution in [0.5, 0.6) is 0 Å². The van der Waals surface area contributed by atoms with Gasteiger partial charge in [-0.15, -0.1) is 11.3 Å². The van der Waals surface area contributed by atoms with Crippen molar-refractivity contribution in [1.82, 2.24) is 24.8 Å². The molecule has 1 fully saturated rings. The van der Waals surface area contributed by atoms with Crippen LogP contribution in [0.4, 0.5) is 0 Å². The number of piperidine rings is 1. The number of thiophene rings is 1. The number of amides is 2. The fourth-order valence-electron chi connectivity index (χ4n) is 4.44. The smallest absolute Gasteiger partial charge is 0.273 e. The van der Waals surface area contributed by atoms with Crippen LogP contribution in [0.3, 0.4) is 0 Å². The minimum absolute atomic E-state index is 0.0427. The third kappa shape index (κ3) is 3.84. The molecule has 2 aliphatic heterocycles. The number of H-pyrrole nitrogens is 1. The summed E-state index contributed by atoms with van der Waals surface area (Å²) in [6.07, 6.45) is 4.63. The van der Waals surface area contributed by atoms with Crippen molar-refractivity contribution in [3.63, 3.8) is 0 Å². The summed E-state index contributed by atoms with van der Waals surface area (Å²) in [5.41, 5.74) is 1.45. The molecular formula is C23H23N5O3S. The predicted octanol–water partition coefficient (Wildman–Crippen LogP) is 2.79. The lowest BCUT2D eigenvalue weighted by atomic mass is 9.99. The van der Waals surface area contributed by atoms with E-state index in [0.29, 0.717) is 53.7 Å². The number of rotatable bonds is 3. The summed E-state index contributed by atoms with van der Waals surface area (Å²) in [5, 5.41) is 1.88. The molecule has 1 saturated heterocycles. The van der Waals surface area contributed by atoms with Crippen molar-refractivity contribution in [2.24, 2.45) is 0 Å². The van der Waals surface area contributed by atoms with E-state index >= 15 is 0 Å². The van der Waals surface area contributed by atoms with E-state index in [2.05, 4.69) is 9.97 Å². The van der Waals surface area contributed by atoms with Crippen LogP contribution in [-0.4, -0.2) is 49.7 Å². The van der Waals surface area contributed by atoms with Gasteiger partial charge in [0, 0.05) is 24.8 Å². The van der Waals surface area contributed by atoms with Gasteiger partial charge in [0.15, 0.2) is 0 Å². The molecule has 2 amide bonds. The Morgan fingerprint density at radius 2 is 2.00 bits per heavy atom. The fraction of sp³-hybridized carbons (Fsp3) is 0.348. The Hall–Kier alpha value is -3.33. The van der Waals surface area contributed by atoms with Gasteiger partial charge in [-0.2, -0.15) is 0 Å². The van der Waals surface area contributed by atoms with Crippen molar-refractivity contribution in [3.05, 3.63) is 79.9 Å². The zero-order chi connectivity index (χ0) is 22.1. The normalized spacial score (nSPS) is 18.3. The first-order valence-corrected chi connectivity index (χ1v) is 11.7. The molecule has 9 heteroatoms. The Balaban J connectivity index is 1.44. The van der Waals surface area contributed by atoms with Gasteiger partial charge in [0.1, 0.15) is 11.5 Å². The third-order valence-electron chi connectivity index (χ3n) is 6.07. The van der Waals surface area contributed by atoms with Crippen molar-refractivity contribution in [2.75, 3.05) is 13.1 Å². The van der Waals surface area contributed by atoms with Crippen LogP contribution >= 0.6 is 11.3 Å². The molecule has 0 bridgehead atoms. The number of hydrogen-bond donors (Lipinski definition) is 1. The van der Waals surface area contributed by atoms with E-state index in [0.717, 1.165) is 19.3 Å². The van der Waals surface area contributed by atoms with Crippen LogP contribution in [0.2, 0.25) is 0 Å². The lowest BCUT2D eigenvalue weighted by Crippen LogP contribution is -2.42. The Morgan fingerprint density at radius 1 is 1.09 bits per heavy atom. The van der Waals surface area contributed by atoms with Crippen LogP contribution in [0.25, 0.3) is 0 Å². The van der Waals surface area contributed by atoms with E-state index in [9.17, 15) is 14.4 Å². The Bertz CT molecular complexity index is 1190. The lowest BCUT2D eigenvalue weighted by Gasteiger charge is -2.35. The van der Waals surface area contributed by atoms with Crippen LogP contribution in [0, 0.1) is 0 Å². The fourth-order valence-corrected chi connectivity index (χ4v) is 5.13. The van der Waals surface area contributed by atoms with E-state index in [1.54, 1.807) is 34.2 Å². The monoisotopic (exact) mass is 449 g/mol. The molecule has 0 radical (unpaired) electrons. The number of pyridine rings is 1. The quantitative estimate of drug-likeness (QED) is 0.663. The largest absolute Gasteiger partial charge is 0.332 e. The lowest BCUT2D eigenvalue weighted by molar-refractivity contribution is 0.0592. The average Bonchev–Trinajstić information content (AvgIpc) is 3.38. The molecule has 1 atom stereocenters. The molecule has 2 aliphatic rings. The average molecular weight is 450 g/mol. The molecule has 5 rings (SSSR count). The van der Waals surface area contributed by atoms with Crippen molar-refractivity contribution >= 4 is 23.2 Å². The van der Waals surface area contributed by atoms with Crippen molar-refractivity contribution in [2.45, 2.75) is 38.3 Å². The molecule has 0 spiro atoms. The summed E-state index contributed by atoms with van der Waals surface area (Å²) in [4.78, 5) is 54.9. The van der Waals surface area contributed by atoms with Gasteiger partial charge in [0.2, 0.25) is 0 Å². The number of aromatic amines is 1. The summed E-state index contributed by atoms with van der Waals surface area (Å²) in [6, 6.07) is 8.60. The molecule has 0 aromatic carbocycles. The van der Waals surface area contributed by atoms with Gasteiger partial charge in [-0.3, -0.25) is 19.4 Å². The van der Waals surface area contributed by atoms with E-state index in [1.807, 2.05) is 17.5 Å². The Morgan fingerprint density at radius 3 is 2.78 bits per heavy atom. The zero-order valence-corrected chi connectivity index (χ0v) is 18.3. The summed E-state index contributed by atoms with van der Waals surface area (Å²) in [7, 11) is 0. The number of nitrogens with zero attached hydrogens (tertiary/aromatic N) is 4. The predicted molar refractivity (Wildman–Crippen MR) is 119 cm³/mol. The SMILES string of the molecule is O=C(c1cccs1)N1CCc2c(nc([C@H]3CCCCN3C(=O)c3ccccn3)[nH]c2=O)C1. The standard InChI is InChI=1S/C23H23N5O3S/c29-21-15-9-12-27(23(31)19-8-5-13-32-19)14-17(15)25-20(26-21)18-7-2-4-11-28(18)22(30)16-6-1-3-10-24-16/h1,3,5-6,8,10,13,18H,2,4,7,9,11-12,14H2,(H,25,26,29)/t18-/m1/s1. The molecule has 0 unspecified atom stereocenters. The Labute approximate surface area is 188 Å². The summed E-state index contributed by atoms with van der Waals surface area (Å²) < 4.78 is 0. The summed E-state index contributed by atoms with van der Waals surface area (Å²) in [6.45, 7) is 1.37. The molecule has 3 aromatic heterocycles. The van der Waals surface area contributed by atoms with E-state index < -0.39 is 0 Å². The molecular weight excluding hydrogens is 426 g/mol. The highest BCUT2D eigenvalue weighted by molar-refractivity contribution is 7.12. The van der Waals surface area contributed by atoms with Crippen molar-refractivity contribution in [3.8, 4) is 0 Å². The number of carbonyl (C=O) groups is 2. The maximum Gasteiger partial charge on any atom is 0.273 e. The first-order chi connectivity index (χ1) is 15.6. The number of carbonyl (C=O) groups excluding carboxylic acids is 2. The number of fused-ring (bicyclic) bond motifs is 1. The maximum atomic E-state index is 13.1. The van der Waals surface area contributed by atoms with E-state index in [4.69, 9.17) is 4.98 Å². The topological polar surface area (TPSA) is 99.3 Å². The van der Waals surface area contributed by atoms with Crippen LogP contribution in [-0.2, 0) is 13.0 Å². The molecule has 32 heavy (non-hydrogen) atoms. The maximum absolute atomic E-state index is 13.1. The molecule has 0 aliphatic carbocycles. The minimum Gasteiger partial charge on any atom is -0.332 e. The molecule has 1 N–H and O–H groups in total. The van der Waals surface area contributed by atoms with Crippen LogP contribution < -0.4 is 5.56 Å². The highest BCUT2D eigenvalue weighted by atomic mass is 32.1. The molecule has 3 aromatic rings. The first-order valence-electron chi connectivity index (χ1n) is 10.8. The van der Waals surface area contributed by atoms with Gasteiger partial charge >= 0.3 is 0 Å². The number of likely N-dealkylation sites (tertiary alicyclic amines) is 1. The van der Waals surface area contributed by atoms with Gasteiger partial charge < -0.3 is 14.8 Å². The van der Waals surface area contributed by atoms with Gasteiger partial charge in [0.25, 0.3) is 17.4 Å². The van der Waals surface area contributed by atoms with Gasteiger partial charge in [-0.05, 0) is 49.3 Å². The van der Waals surface area contributed by atoms with Gasteiger partial charge in [-0.1, -0.05) is 12.1 Å². The van der Waals surface area contributed by atoms with Gasteiger partial charge in [-0.25, -0.2) is 4.98 Å². The molecule has 164 valence electrons. The number of hydrogen-bond acceptors (Lipinski definition) is 6. The van der Waals surface area contributed by atoms with Crippen LogP contribution in [0.15, 0.2) is 46.7 Å². The second-order valence-electron chi connectivity index (χ2n) is 8.06. The second kappa shape index (κ2) is 8.66. The highest BCUT2D eigenvalue weighted by Crippen LogP contribution is 2.30. The second-order valence-corrected chi connectivity index (χ2v) is 9.00. The number of aromatic nitrogens is 3. The highest BCUT2D eigenvalue weighted by Gasteiger charge is 2.33. The Kier molecular flexibility index (Phi) is 5.57. The van der Waals surface area contributed by atoms with Crippen LogP contribution in [0.1, 0.15) is 62.5 Å². The van der Waals surface area contributed by atoms with E-state index in [1.165, 1.54) is 11.3 Å². The van der Waals surface area contributed by atoms with Crippen molar-refractivity contribution < 1.29 is 9.59 Å². The van der Waals surface area contributed by atoms with E-state index in [-0.39, 0.29) is 23.4 Å². The summed E-state index contributed by atoms with van der Waals surface area (Å²) >= 11 is 1.41. The molecule has 5 heterocycles. The minimum atomic E-state index is -0.320. The summed E-state index contributed by atoms with van der Waals surface area (Å²) in [5.74, 6) is 0.284. The molecule has 0 saturated carbocycles.